The number of pyridine rings is 1. The summed E-state index contributed by atoms with van der Waals surface area (Å²) < 4.78 is 8.18. The van der Waals surface area contributed by atoms with E-state index in [-0.39, 0.29) is 12.1 Å². The third-order valence-corrected chi connectivity index (χ3v) is 5.56. The number of urea groups is 1. The van der Waals surface area contributed by atoms with Crippen LogP contribution in [0.15, 0.2) is 48.8 Å². The number of carbonyl (C=O) groups is 1. The van der Waals surface area contributed by atoms with E-state index in [1.54, 1.807) is 0 Å². The Morgan fingerprint density at radius 2 is 2.07 bits per heavy atom. The smallest absolute Gasteiger partial charge is 0.322 e. The van der Waals surface area contributed by atoms with Crippen LogP contribution in [0.2, 0.25) is 0 Å². The molecule has 1 saturated heterocycles. The van der Waals surface area contributed by atoms with Crippen molar-refractivity contribution in [1.29, 1.82) is 0 Å². The minimum Gasteiger partial charge on any atom is -0.368 e. The molecule has 28 heavy (non-hydrogen) atoms. The van der Waals surface area contributed by atoms with Crippen LogP contribution in [0.5, 0.6) is 0 Å². The molecule has 1 saturated carbocycles. The van der Waals surface area contributed by atoms with Crippen molar-refractivity contribution in [3.63, 3.8) is 0 Å². The molecule has 2 amide bonds. The molecule has 6 heteroatoms. The predicted molar refractivity (Wildman–Crippen MR) is 108 cm³/mol. The molecule has 0 radical (unpaired) electrons. The van der Waals surface area contributed by atoms with E-state index in [0.717, 1.165) is 22.5 Å². The molecule has 6 nitrogen and oxygen atoms in total. The average molecular weight is 376 g/mol. The predicted octanol–water partition coefficient (Wildman–Crippen LogP) is 4.13. The third kappa shape index (κ3) is 3.24. The van der Waals surface area contributed by atoms with Crippen molar-refractivity contribution in [2.45, 2.75) is 31.8 Å². The number of ether oxygens (including phenoxy) is 1. The highest BCUT2D eigenvalue weighted by atomic mass is 16.5. The van der Waals surface area contributed by atoms with Gasteiger partial charge in [-0.1, -0.05) is 18.2 Å². The molecule has 1 aliphatic carbocycles. The first-order valence-corrected chi connectivity index (χ1v) is 9.89. The van der Waals surface area contributed by atoms with Gasteiger partial charge in [0.2, 0.25) is 0 Å². The first-order chi connectivity index (χ1) is 13.7. The van der Waals surface area contributed by atoms with Crippen LogP contribution in [-0.4, -0.2) is 40.0 Å². The van der Waals surface area contributed by atoms with Crippen molar-refractivity contribution < 1.29 is 9.53 Å². The van der Waals surface area contributed by atoms with Crippen LogP contribution >= 0.6 is 0 Å². The third-order valence-electron chi connectivity index (χ3n) is 5.56. The molecule has 2 fully saturated rings. The van der Waals surface area contributed by atoms with Crippen LogP contribution in [0.25, 0.3) is 5.52 Å². The highest BCUT2D eigenvalue weighted by molar-refractivity contribution is 5.89. The Bertz CT molecular complexity index is 1020. The molecule has 3 heterocycles. The number of rotatable bonds is 3. The lowest BCUT2D eigenvalue weighted by atomic mass is 10.1. The SMILES string of the molecule is Cc1cccc(NC(=O)N2CCO[C@H](c3ncn4c(C5CC5)cccc34)C2)c1. The van der Waals surface area contributed by atoms with E-state index in [0.29, 0.717) is 25.6 Å². The zero-order valence-electron chi connectivity index (χ0n) is 16.0. The maximum absolute atomic E-state index is 12.7. The van der Waals surface area contributed by atoms with Crippen molar-refractivity contribution in [1.82, 2.24) is 14.3 Å². The number of fused-ring (bicyclic) bond motifs is 1. The number of nitrogens with zero attached hydrogens (tertiary/aromatic N) is 3. The maximum Gasteiger partial charge on any atom is 0.322 e. The fraction of sp³-hybridized carbons (Fsp3) is 0.364. The minimum absolute atomic E-state index is 0.0962. The first kappa shape index (κ1) is 17.3. The van der Waals surface area contributed by atoms with E-state index >= 15 is 0 Å². The van der Waals surface area contributed by atoms with Crippen molar-refractivity contribution in [3.8, 4) is 0 Å². The largest absolute Gasteiger partial charge is 0.368 e. The highest BCUT2D eigenvalue weighted by Gasteiger charge is 2.30. The Kier molecular flexibility index (Phi) is 4.28. The van der Waals surface area contributed by atoms with Crippen LogP contribution in [-0.2, 0) is 4.74 Å². The van der Waals surface area contributed by atoms with Crippen LogP contribution in [0, 0.1) is 6.92 Å². The van der Waals surface area contributed by atoms with E-state index in [4.69, 9.17) is 4.74 Å². The Labute approximate surface area is 164 Å². The van der Waals surface area contributed by atoms with E-state index in [1.807, 2.05) is 42.4 Å². The lowest BCUT2D eigenvalue weighted by Gasteiger charge is -2.32. The van der Waals surface area contributed by atoms with Gasteiger partial charge in [-0.3, -0.25) is 0 Å². The van der Waals surface area contributed by atoms with Crippen LogP contribution in [0.4, 0.5) is 10.5 Å². The second-order valence-corrected chi connectivity index (χ2v) is 7.72. The lowest BCUT2D eigenvalue weighted by molar-refractivity contribution is -0.0147. The Morgan fingerprint density at radius 3 is 2.89 bits per heavy atom. The number of aromatic nitrogens is 2. The Morgan fingerprint density at radius 1 is 1.21 bits per heavy atom. The van der Waals surface area contributed by atoms with Gasteiger partial charge in [0.1, 0.15) is 6.10 Å². The number of amides is 2. The molecular weight excluding hydrogens is 352 g/mol. The monoisotopic (exact) mass is 376 g/mol. The van der Waals surface area contributed by atoms with Gasteiger partial charge in [-0.15, -0.1) is 0 Å². The summed E-state index contributed by atoms with van der Waals surface area (Å²) in [6, 6.07) is 14.1. The van der Waals surface area contributed by atoms with Crippen LogP contribution in [0.3, 0.4) is 0 Å². The highest BCUT2D eigenvalue weighted by Crippen LogP contribution is 2.40. The summed E-state index contributed by atoms with van der Waals surface area (Å²) in [5.74, 6) is 0.648. The van der Waals surface area contributed by atoms with E-state index < -0.39 is 0 Å². The fourth-order valence-corrected chi connectivity index (χ4v) is 3.95. The zero-order chi connectivity index (χ0) is 19.1. The average Bonchev–Trinajstić information content (AvgIpc) is 3.46. The topological polar surface area (TPSA) is 58.9 Å². The van der Waals surface area contributed by atoms with E-state index in [9.17, 15) is 4.79 Å². The molecule has 1 aliphatic heterocycles. The second kappa shape index (κ2) is 6.95. The van der Waals surface area contributed by atoms with Crippen molar-refractivity contribution in [2.24, 2.45) is 0 Å². The molecular formula is C22H24N4O2. The summed E-state index contributed by atoms with van der Waals surface area (Å²) in [4.78, 5) is 19.2. The van der Waals surface area contributed by atoms with Crippen molar-refractivity contribution in [2.75, 3.05) is 25.0 Å². The van der Waals surface area contributed by atoms with Crippen LogP contribution < -0.4 is 5.32 Å². The summed E-state index contributed by atoms with van der Waals surface area (Å²) in [5.41, 5.74) is 5.25. The normalized spacial score (nSPS) is 19.8. The zero-order valence-corrected chi connectivity index (χ0v) is 16.0. The van der Waals surface area contributed by atoms with Crippen molar-refractivity contribution >= 4 is 17.2 Å². The molecule has 0 spiro atoms. The molecule has 0 unspecified atom stereocenters. The summed E-state index contributed by atoms with van der Waals surface area (Å²) >= 11 is 0. The number of morpholine rings is 1. The number of aryl methyl sites for hydroxylation is 1. The summed E-state index contributed by atoms with van der Waals surface area (Å²) in [7, 11) is 0. The first-order valence-electron chi connectivity index (χ1n) is 9.89. The Hall–Kier alpha value is -2.86. The standard InChI is InChI=1S/C22H24N4O2/c1-15-4-2-5-17(12-15)24-22(27)25-10-11-28-20(13-25)21-19-7-3-6-18(16-8-9-16)26(19)14-23-21/h2-7,12,14,16,20H,8-11,13H2,1H3,(H,24,27)/t20-/m0/s1. The number of benzene rings is 1. The van der Waals surface area contributed by atoms with E-state index in [2.05, 4.69) is 32.9 Å². The number of nitrogens with one attached hydrogen (secondary N) is 1. The van der Waals surface area contributed by atoms with Gasteiger partial charge in [-0.25, -0.2) is 9.78 Å². The van der Waals surface area contributed by atoms with Gasteiger partial charge in [0, 0.05) is 17.9 Å². The molecule has 1 N–H and O–H groups in total. The summed E-state index contributed by atoms with van der Waals surface area (Å²) in [6.45, 7) is 3.60. The number of hydrogen-bond acceptors (Lipinski definition) is 3. The van der Waals surface area contributed by atoms with Gasteiger partial charge >= 0.3 is 6.03 Å². The molecule has 1 atom stereocenters. The van der Waals surface area contributed by atoms with Gasteiger partial charge in [0.15, 0.2) is 0 Å². The second-order valence-electron chi connectivity index (χ2n) is 7.72. The number of carbonyl (C=O) groups excluding carboxylic acids is 1. The Balaban J connectivity index is 1.35. The van der Waals surface area contributed by atoms with Crippen LogP contribution in [0.1, 0.15) is 41.8 Å². The molecule has 144 valence electrons. The van der Waals surface area contributed by atoms with Gasteiger partial charge in [-0.05, 0) is 55.5 Å². The number of anilines is 1. The number of hydrogen-bond donors (Lipinski definition) is 1. The fourth-order valence-electron chi connectivity index (χ4n) is 3.95. The maximum atomic E-state index is 12.7. The molecule has 1 aromatic carbocycles. The molecule has 0 bridgehead atoms. The quantitative estimate of drug-likeness (QED) is 0.748. The molecule has 5 rings (SSSR count). The minimum atomic E-state index is -0.212. The van der Waals surface area contributed by atoms with Gasteiger partial charge in [0.25, 0.3) is 0 Å². The molecule has 3 aromatic rings. The molecule has 2 aromatic heterocycles. The lowest BCUT2D eigenvalue weighted by Crippen LogP contribution is -2.44. The summed E-state index contributed by atoms with van der Waals surface area (Å²) in [5, 5.41) is 2.99. The molecule has 2 aliphatic rings. The van der Waals surface area contributed by atoms with Gasteiger partial charge in [0.05, 0.1) is 30.7 Å². The van der Waals surface area contributed by atoms with Crippen molar-refractivity contribution in [3.05, 3.63) is 65.7 Å². The summed E-state index contributed by atoms with van der Waals surface area (Å²) in [6.07, 6.45) is 4.18. The van der Waals surface area contributed by atoms with E-state index in [1.165, 1.54) is 18.5 Å². The number of imidazole rings is 1. The van der Waals surface area contributed by atoms with Gasteiger partial charge < -0.3 is 19.4 Å². The van der Waals surface area contributed by atoms with Gasteiger partial charge in [-0.2, -0.15) is 0 Å².